The maximum atomic E-state index is 12.4. The van der Waals surface area contributed by atoms with Crippen LogP contribution in [-0.2, 0) is 17.8 Å². The van der Waals surface area contributed by atoms with E-state index in [1.165, 1.54) is 17.5 Å². The number of carbonyl (C=O) groups is 1. The van der Waals surface area contributed by atoms with Gasteiger partial charge in [0.1, 0.15) is 5.75 Å². The average molecular weight is 338 g/mol. The second-order valence-corrected chi connectivity index (χ2v) is 6.61. The zero-order chi connectivity index (χ0) is 17.6. The molecule has 2 aromatic rings. The lowest BCUT2D eigenvalue weighted by molar-refractivity contribution is -0.122. The molecular formula is C21H26N2O2. The Morgan fingerprint density at radius 2 is 1.96 bits per heavy atom. The Labute approximate surface area is 149 Å². The number of likely N-dealkylation sites (N-methyl/N-ethyl adjacent to an activating group) is 1. The quantitative estimate of drug-likeness (QED) is 0.878. The Morgan fingerprint density at radius 3 is 2.80 bits per heavy atom. The van der Waals surface area contributed by atoms with Crippen LogP contribution in [0.15, 0.2) is 48.5 Å². The van der Waals surface area contributed by atoms with Gasteiger partial charge in [0.05, 0.1) is 13.7 Å². The van der Waals surface area contributed by atoms with Gasteiger partial charge in [-0.05, 0) is 43.5 Å². The first-order valence-corrected chi connectivity index (χ1v) is 8.85. The van der Waals surface area contributed by atoms with Crippen LogP contribution in [0.3, 0.4) is 0 Å². The van der Waals surface area contributed by atoms with Crippen molar-refractivity contribution in [2.45, 2.75) is 31.8 Å². The highest BCUT2D eigenvalue weighted by Gasteiger charge is 2.24. The van der Waals surface area contributed by atoms with Crippen molar-refractivity contribution in [1.82, 2.24) is 10.2 Å². The van der Waals surface area contributed by atoms with E-state index >= 15 is 0 Å². The van der Waals surface area contributed by atoms with Gasteiger partial charge in [0.2, 0.25) is 5.91 Å². The molecule has 25 heavy (non-hydrogen) atoms. The van der Waals surface area contributed by atoms with E-state index in [2.05, 4.69) is 34.5 Å². The lowest BCUT2D eigenvalue weighted by Gasteiger charge is -2.32. The van der Waals surface area contributed by atoms with E-state index in [0.29, 0.717) is 19.1 Å². The minimum absolute atomic E-state index is 0.0384. The number of hydrogen-bond donors (Lipinski definition) is 1. The Hall–Kier alpha value is -2.33. The zero-order valence-electron chi connectivity index (χ0n) is 15.0. The Morgan fingerprint density at radius 1 is 1.20 bits per heavy atom. The fourth-order valence-corrected chi connectivity index (χ4v) is 3.62. The summed E-state index contributed by atoms with van der Waals surface area (Å²) >= 11 is 0. The Bertz CT molecular complexity index is 729. The number of aryl methyl sites for hydroxylation is 1. The van der Waals surface area contributed by atoms with Crippen LogP contribution in [0.4, 0.5) is 0 Å². The van der Waals surface area contributed by atoms with Crippen molar-refractivity contribution in [3.63, 3.8) is 0 Å². The third-order valence-electron chi connectivity index (χ3n) is 4.93. The lowest BCUT2D eigenvalue weighted by atomic mass is 9.87. The molecule has 132 valence electrons. The molecule has 0 aromatic heterocycles. The van der Waals surface area contributed by atoms with Gasteiger partial charge in [-0.3, -0.25) is 9.69 Å². The number of nitrogens with one attached hydrogen (secondary N) is 1. The monoisotopic (exact) mass is 338 g/mol. The van der Waals surface area contributed by atoms with Crippen LogP contribution in [0.1, 0.15) is 35.6 Å². The van der Waals surface area contributed by atoms with Crippen molar-refractivity contribution in [3.8, 4) is 5.75 Å². The molecule has 1 N–H and O–H groups in total. The average Bonchev–Trinajstić information content (AvgIpc) is 2.66. The molecule has 2 aromatic carbocycles. The predicted octanol–water partition coefficient (Wildman–Crippen LogP) is 3.32. The van der Waals surface area contributed by atoms with Crippen molar-refractivity contribution >= 4 is 5.91 Å². The molecule has 3 rings (SSSR count). The van der Waals surface area contributed by atoms with Crippen LogP contribution in [0, 0.1) is 0 Å². The molecule has 1 aliphatic carbocycles. The van der Waals surface area contributed by atoms with Gasteiger partial charge in [0, 0.05) is 18.2 Å². The van der Waals surface area contributed by atoms with Gasteiger partial charge in [-0.1, -0.05) is 42.5 Å². The topological polar surface area (TPSA) is 41.6 Å². The molecular weight excluding hydrogens is 312 g/mol. The molecule has 0 spiro atoms. The molecule has 0 radical (unpaired) electrons. The van der Waals surface area contributed by atoms with Gasteiger partial charge in [-0.2, -0.15) is 0 Å². The highest BCUT2D eigenvalue weighted by molar-refractivity contribution is 5.78. The lowest BCUT2D eigenvalue weighted by Crippen LogP contribution is -2.37. The summed E-state index contributed by atoms with van der Waals surface area (Å²) in [4.78, 5) is 14.5. The SMILES string of the molecule is COc1ccccc1CNC(=O)CN(C)C1CCCc2ccccc21. The van der Waals surface area contributed by atoms with Crippen molar-refractivity contribution in [1.29, 1.82) is 0 Å². The Kier molecular flexibility index (Phi) is 5.71. The van der Waals surface area contributed by atoms with Gasteiger partial charge in [-0.15, -0.1) is 0 Å². The first kappa shape index (κ1) is 17.5. The molecule has 0 fully saturated rings. The summed E-state index contributed by atoms with van der Waals surface area (Å²) < 4.78 is 5.33. The Balaban J connectivity index is 1.58. The van der Waals surface area contributed by atoms with Crippen molar-refractivity contribution in [2.24, 2.45) is 0 Å². The second-order valence-electron chi connectivity index (χ2n) is 6.61. The molecule has 0 aliphatic heterocycles. The molecule has 0 bridgehead atoms. The van der Waals surface area contributed by atoms with Crippen LogP contribution in [0.25, 0.3) is 0 Å². The number of para-hydroxylation sites is 1. The van der Waals surface area contributed by atoms with Gasteiger partial charge >= 0.3 is 0 Å². The summed E-state index contributed by atoms with van der Waals surface area (Å²) in [7, 11) is 3.68. The third kappa shape index (κ3) is 4.20. The zero-order valence-corrected chi connectivity index (χ0v) is 15.0. The van der Waals surface area contributed by atoms with E-state index in [0.717, 1.165) is 24.2 Å². The maximum Gasteiger partial charge on any atom is 0.234 e. The summed E-state index contributed by atoms with van der Waals surface area (Å²) in [6.07, 6.45) is 3.42. The van der Waals surface area contributed by atoms with E-state index in [1.807, 2.05) is 31.3 Å². The number of benzene rings is 2. The molecule has 0 saturated heterocycles. The first-order chi connectivity index (χ1) is 12.2. The van der Waals surface area contributed by atoms with Crippen molar-refractivity contribution < 1.29 is 9.53 Å². The predicted molar refractivity (Wildman–Crippen MR) is 99.6 cm³/mol. The minimum atomic E-state index is 0.0384. The van der Waals surface area contributed by atoms with Crippen LogP contribution in [0.5, 0.6) is 5.75 Å². The van der Waals surface area contributed by atoms with Crippen LogP contribution < -0.4 is 10.1 Å². The highest BCUT2D eigenvalue weighted by Crippen LogP contribution is 2.33. The molecule has 1 atom stereocenters. The molecule has 4 nitrogen and oxygen atoms in total. The van der Waals surface area contributed by atoms with Crippen LogP contribution in [0.2, 0.25) is 0 Å². The smallest absolute Gasteiger partial charge is 0.234 e. The standard InChI is InChI=1S/C21H26N2O2/c1-23(19-12-7-10-16-8-3-5-11-18(16)19)15-21(24)22-14-17-9-4-6-13-20(17)25-2/h3-6,8-9,11,13,19H,7,10,12,14-15H2,1-2H3,(H,22,24). The van der Waals surface area contributed by atoms with Crippen LogP contribution in [-0.4, -0.2) is 31.5 Å². The maximum absolute atomic E-state index is 12.4. The fraction of sp³-hybridized carbons (Fsp3) is 0.381. The summed E-state index contributed by atoms with van der Waals surface area (Å²) in [5, 5.41) is 3.01. The van der Waals surface area contributed by atoms with Gasteiger partial charge in [0.25, 0.3) is 0 Å². The number of carbonyl (C=O) groups excluding carboxylic acids is 1. The second kappa shape index (κ2) is 8.17. The van der Waals surface area contributed by atoms with E-state index in [-0.39, 0.29) is 5.91 Å². The highest BCUT2D eigenvalue weighted by atomic mass is 16.5. The number of ether oxygens (including phenoxy) is 1. The molecule has 0 heterocycles. The van der Waals surface area contributed by atoms with Crippen molar-refractivity contribution in [2.75, 3.05) is 20.7 Å². The summed E-state index contributed by atoms with van der Waals surface area (Å²) in [6.45, 7) is 0.881. The summed E-state index contributed by atoms with van der Waals surface area (Å²) in [6, 6.07) is 16.7. The molecule has 1 unspecified atom stereocenters. The largest absolute Gasteiger partial charge is 0.496 e. The number of methoxy groups -OCH3 is 1. The van der Waals surface area contributed by atoms with Crippen LogP contribution >= 0.6 is 0 Å². The minimum Gasteiger partial charge on any atom is -0.496 e. The summed E-state index contributed by atoms with van der Waals surface area (Å²) in [5.74, 6) is 0.842. The number of fused-ring (bicyclic) bond motifs is 1. The van der Waals surface area contributed by atoms with Gasteiger partial charge < -0.3 is 10.1 Å². The third-order valence-corrected chi connectivity index (χ3v) is 4.93. The molecule has 0 saturated carbocycles. The first-order valence-electron chi connectivity index (χ1n) is 8.85. The number of hydrogen-bond acceptors (Lipinski definition) is 3. The van der Waals surface area contributed by atoms with E-state index in [1.54, 1.807) is 7.11 Å². The number of amides is 1. The number of nitrogens with zero attached hydrogens (tertiary/aromatic N) is 1. The normalized spacial score (nSPS) is 16.4. The van der Waals surface area contributed by atoms with E-state index < -0.39 is 0 Å². The van der Waals surface area contributed by atoms with Gasteiger partial charge in [-0.25, -0.2) is 0 Å². The van der Waals surface area contributed by atoms with Gasteiger partial charge in [0.15, 0.2) is 0 Å². The molecule has 1 amide bonds. The fourth-order valence-electron chi connectivity index (χ4n) is 3.62. The summed E-state index contributed by atoms with van der Waals surface area (Å²) in [5.41, 5.74) is 3.78. The van der Waals surface area contributed by atoms with Crippen molar-refractivity contribution in [3.05, 3.63) is 65.2 Å². The number of rotatable bonds is 6. The van der Waals surface area contributed by atoms with E-state index in [4.69, 9.17) is 4.74 Å². The molecule has 1 aliphatic rings. The van der Waals surface area contributed by atoms with E-state index in [9.17, 15) is 4.79 Å². The molecule has 4 heteroatoms.